The van der Waals surface area contributed by atoms with Gasteiger partial charge in [0.1, 0.15) is 0 Å². The maximum atomic E-state index is 11.7. The lowest BCUT2D eigenvalue weighted by molar-refractivity contribution is -0.116. The predicted octanol–water partition coefficient (Wildman–Crippen LogP) is 3.31. The number of pyridine rings is 1. The molecule has 0 aliphatic heterocycles. The largest absolute Gasteiger partial charge is 0.325 e. The third kappa shape index (κ3) is 3.86. The van der Waals surface area contributed by atoms with E-state index in [0.29, 0.717) is 23.6 Å². The number of hydrogen-bond donors (Lipinski definition) is 1. The van der Waals surface area contributed by atoms with Crippen molar-refractivity contribution in [3.05, 3.63) is 59.4 Å². The number of anilines is 1. The summed E-state index contributed by atoms with van der Waals surface area (Å²) in [6.07, 6.45) is 4.39. The third-order valence-electron chi connectivity index (χ3n) is 2.48. The summed E-state index contributed by atoms with van der Waals surface area (Å²) in [5.74, 6) is -0.0250. The number of aromatic nitrogens is 1. The monoisotopic (exact) mass is 260 g/mol. The zero-order valence-corrected chi connectivity index (χ0v) is 10.5. The second-order valence-corrected chi connectivity index (χ2v) is 4.36. The van der Waals surface area contributed by atoms with Crippen LogP contribution < -0.4 is 5.32 Å². The summed E-state index contributed by atoms with van der Waals surface area (Å²) in [4.78, 5) is 15.6. The van der Waals surface area contributed by atoms with Crippen LogP contribution in [0.4, 0.5) is 5.69 Å². The van der Waals surface area contributed by atoms with E-state index in [1.807, 2.05) is 30.3 Å². The van der Waals surface area contributed by atoms with Crippen LogP contribution in [0.25, 0.3) is 0 Å². The molecule has 3 nitrogen and oxygen atoms in total. The van der Waals surface area contributed by atoms with Crippen molar-refractivity contribution in [2.24, 2.45) is 0 Å². The molecule has 0 radical (unpaired) electrons. The second-order valence-electron chi connectivity index (χ2n) is 3.92. The van der Waals surface area contributed by atoms with Crippen molar-refractivity contribution in [3.63, 3.8) is 0 Å². The highest BCUT2D eigenvalue weighted by Gasteiger charge is 2.03. The van der Waals surface area contributed by atoms with Gasteiger partial charge in [-0.05, 0) is 36.2 Å². The van der Waals surface area contributed by atoms with Crippen molar-refractivity contribution in [1.82, 2.24) is 4.98 Å². The van der Waals surface area contributed by atoms with Gasteiger partial charge in [-0.15, -0.1) is 0 Å². The highest BCUT2D eigenvalue weighted by atomic mass is 35.5. The highest BCUT2D eigenvalue weighted by molar-refractivity contribution is 6.30. The lowest BCUT2D eigenvalue weighted by Crippen LogP contribution is -2.12. The maximum Gasteiger partial charge on any atom is 0.224 e. The quantitative estimate of drug-likeness (QED) is 0.916. The predicted molar refractivity (Wildman–Crippen MR) is 72.6 cm³/mol. The average molecular weight is 261 g/mol. The highest BCUT2D eigenvalue weighted by Crippen LogP contribution is 2.12. The number of carbonyl (C=O) groups excluding carboxylic acids is 1. The minimum Gasteiger partial charge on any atom is -0.325 e. The molecule has 18 heavy (non-hydrogen) atoms. The molecule has 0 unspecified atom stereocenters. The Hall–Kier alpha value is -1.87. The number of amides is 1. The van der Waals surface area contributed by atoms with Crippen LogP contribution in [0.3, 0.4) is 0 Å². The second kappa shape index (κ2) is 6.17. The van der Waals surface area contributed by atoms with E-state index in [1.54, 1.807) is 18.5 Å². The van der Waals surface area contributed by atoms with Gasteiger partial charge in [0.2, 0.25) is 5.91 Å². The molecule has 1 heterocycles. The van der Waals surface area contributed by atoms with Gasteiger partial charge in [-0.2, -0.15) is 0 Å². The van der Waals surface area contributed by atoms with Gasteiger partial charge >= 0.3 is 0 Å². The Morgan fingerprint density at radius 1 is 1.28 bits per heavy atom. The minimum atomic E-state index is -0.0250. The number of nitrogens with one attached hydrogen (secondary N) is 1. The number of nitrogens with zero attached hydrogens (tertiary/aromatic N) is 1. The molecule has 0 bridgehead atoms. The van der Waals surface area contributed by atoms with Gasteiger partial charge in [-0.1, -0.05) is 23.7 Å². The molecule has 1 aromatic carbocycles. The summed E-state index contributed by atoms with van der Waals surface area (Å²) >= 11 is 5.88. The number of hydrogen-bond acceptors (Lipinski definition) is 2. The molecular weight excluding hydrogens is 248 g/mol. The lowest BCUT2D eigenvalue weighted by atomic mass is 10.1. The summed E-state index contributed by atoms with van der Waals surface area (Å²) in [7, 11) is 0. The van der Waals surface area contributed by atoms with Gasteiger partial charge in [0.05, 0.1) is 11.9 Å². The first-order chi connectivity index (χ1) is 8.74. The van der Waals surface area contributed by atoms with Crippen molar-refractivity contribution >= 4 is 23.2 Å². The SMILES string of the molecule is O=C(CCc1cccc(Cl)c1)Nc1cccnc1. The number of benzene rings is 1. The summed E-state index contributed by atoms with van der Waals surface area (Å²) in [5.41, 5.74) is 1.78. The molecule has 2 aromatic rings. The molecule has 4 heteroatoms. The molecule has 0 fully saturated rings. The molecule has 0 saturated carbocycles. The minimum absolute atomic E-state index is 0.0250. The summed E-state index contributed by atoms with van der Waals surface area (Å²) < 4.78 is 0. The van der Waals surface area contributed by atoms with E-state index >= 15 is 0 Å². The molecule has 92 valence electrons. The Balaban J connectivity index is 1.85. The van der Waals surface area contributed by atoms with Crippen LogP contribution in [-0.2, 0) is 11.2 Å². The van der Waals surface area contributed by atoms with E-state index in [-0.39, 0.29) is 5.91 Å². The van der Waals surface area contributed by atoms with Gasteiger partial charge in [-0.25, -0.2) is 0 Å². The molecule has 0 aliphatic carbocycles. The summed E-state index contributed by atoms with van der Waals surface area (Å²) in [5, 5.41) is 3.49. The summed E-state index contributed by atoms with van der Waals surface area (Å²) in [6, 6.07) is 11.1. The fourth-order valence-electron chi connectivity index (χ4n) is 1.61. The third-order valence-corrected chi connectivity index (χ3v) is 2.71. The van der Waals surface area contributed by atoms with E-state index in [1.165, 1.54) is 0 Å². The summed E-state index contributed by atoms with van der Waals surface area (Å²) in [6.45, 7) is 0. The molecule has 1 N–H and O–H groups in total. The van der Waals surface area contributed by atoms with Gasteiger partial charge < -0.3 is 5.32 Å². The fourth-order valence-corrected chi connectivity index (χ4v) is 1.82. The van der Waals surface area contributed by atoms with E-state index < -0.39 is 0 Å². The van der Waals surface area contributed by atoms with Crippen LogP contribution in [0.5, 0.6) is 0 Å². The number of halogens is 1. The standard InChI is InChI=1S/C14H13ClN2O/c15-12-4-1-3-11(9-12)6-7-14(18)17-13-5-2-8-16-10-13/h1-5,8-10H,6-7H2,(H,17,18). The number of rotatable bonds is 4. The van der Waals surface area contributed by atoms with Crippen LogP contribution >= 0.6 is 11.6 Å². The number of carbonyl (C=O) groups is 1. The van der Waals surface area contributed by atoms with Crippen molar-refractivity contribution < 1.29 is 4.79 Å². The van der Waals surface area contributed by atoms with Crippen LogP contribution in [-0.4, -0.2) is 10.9 Å². The van der Waals surface area contributed by atoms with E-state index in [0.717, 1.165) is 5.56 Å². The molecule has 0 atom stereocenters. The first kappa shape index (κ1) is 12.6. The topological polar surface area (TPSA) is 42.0 Å². The Kier molecular flexibility index (Phi) is 4.31. The first-order valence-corrected chi connectivity index (χ1v) is 6.06. The van der Waals surface area contributed by atoms with Crippen molar-refractivity contribution in [2.45, 2.75) is 12.8 Å². The van der Waals surface area contributed by atoms with E-state index in [4.69, 9.17) is 11.6 Å². The van der Waals surface area contributed by atoms with Gasteiger partial charge in [0.25, 0.3) is 0 Å². The van der Waals surface area contributed by atoms with Crippen LogP contribution in [0.2, 0.25) is 5.02 Å². The van der Waals surface area contributed by atoms with Gasteiger partial charge in [0.15, 0.2) is 0 Å². The first-order valence-electron chi connectivity index (χ1n) is 5.68. The van der Waals surface area contributed by atoms with Crippen LogP contribution in [0, 0.1) is 0 Å². The molecule has 0 saturated heterocycles. The Morgan fingerprint density at radius 2 is 2.17 bits per heavy atom. The van der Waals surface area contributed by atoms with Crippen molar-refractivity contribution in [3.8, 4) is 0 Å². The molecule has 0 aliphatic rings. The maximum absolute atomic E-state index is 11.7. The van der Waals surface area contributed by atoms with Crippen molar-refractivity contribution in [2.75, 3.05) is 5.32 Å². The molecule has 0 spiro atoms. The van der Waals surface area contributed by atoms with Gasteiger partial charge in [-0.3, -0.25) is 9.78 Å². The lowest BCUT2D eigenvalue weighted by Gasteiger charge is -2.04. The zero-order valence-electron chi connectivity index (χ0n) is 9.77. The van der Waals surface area contributed by atoms with Gasteiger partial charge in [0, 0.05) is 17.6 Å². The normalized spacial score (nSPS) is 10.1. The van der Waals surface area contributed by atoms with Crippen LogP contribution in [0.15, 0.2) is 48.8 Å². The Morgan fingerprint density at radius 3 is 2.89 bits per heavy atom. The average Bonchev–Trinajstić information content (AvgIpc) is 2.38. The van der Waals surface area contributed by atoms with Crippen molar-refractivity contribution in [1.29, 1.82) is 0 Å². The molecule has 1 amide bonds. The molecule has 2 rings (SSSR count). The fraction of sp³-hybridized carbons (Fsp3) is 0.143. The molecular formula is C14H13ClN2O. The zero-order chi connectivity index (χ0) is 12.8. The number of aryl methyl sites for hydroxylation is 1. The van der Waals surface area contributed by atoms with Crippen LogP contribution in [0.1, 0.15) is 12.0 Å². The van der Waals surface area contributed by atoms with E-state index in [2.05, 4.69) is 10.3 Å². The Labute approximate surface area is 111 Å². The smallest absolute Gasteiger partial charge is 0.224 e. The molecule has 1 aromatic heterocycles. The van der Waals surface area contributed by atoms with E-state index in [9.17, 15) is 4.79 Å². The Bertz CT molecular complexity index is 528.